The molecule has 2 heterocycles. The maximum absolute atomic E-state index is 13.6. The fourth-order valence-corrected chi connectivity index (χ4v) is 3.95. The van der Waals surface area contributed by atoms with Crippen molar-refractivity contribution in [3.63, 3.8) is 0 Å². The van der Waals surface area contributed by atoms with E-state index in [4.69, 9.17) is 4.74 Å². The fourth-order valence-electron chi connectivity index (χ4n) is 3.95. The number of urea groups is 1. The Labute approximate surface area is 177 Å². The summed E-state index contributed by atoms with van der Waals surface area (Å²) in [7, 11) is 0. The molecule has 1 aliphatic rings. The number of amides is 2. The van der Waals surface area contributed by atoms with Crippen LogP contribution in [0.5, 0.6) is 5.75 Å². The third-order valence-electron chi connectivity index (χ3n) is 5.43. The Morgan fingerprint density at radius 2 is 2.00 bits per heavy atom. The molecule has 156 valence electrons. The van der Waals surface area contributed by atoms with Gasteiger partial charge in [-0.05, 0) is 37.5 Å². The second-order valence-electron chi connectivity index (χ2n) is 7.43. The predicted octanol–water partition coefficient (Wildman–Crippen LogP) is 4.36. The number of aromatic nitrogens is 2. The number of anilines is 1. The third kappa shape index (κ3) is 4.48. The summed E-state index contributed by atoms with van der Waals surface area (Å²) >= 11 is 0. The van der Waals surface area contributed by atoms with E-state index in [-0.39, 0.29) is 6.03 Å². The molecule has 2 aromatic carbocycles. The fraction of sp³-hybridized carbons (Fsp3) is 0.333. The second-order valence-corrected chi connectivity index (χ2v) is 7.43. The van der Waals surface area contributed by atoms with Gasteiger partial charge in [-0.25, -0.2) is 9.78 Å². The molecule has 3 aromatic rings. The quantitative estimate of drug-likeness (QED) is 0.561. The molecule has 2 amide bonds. The van der Waals surface area contributed by atoms with E-state index in [1.165, 1.54) is 5.56 Å². The van der Waals surface area contributed by atoms with Crippen molar-refractivity contribution < 1.29 is 9.53 Å². The normalized spacial score (nSPS) is 12.6. The molecule has 0 saturated heterocycles. The SMILES string of the molecule is CCOc1ccccc1CN(CCCn1ccnc1)C(=O)N1CCc2ccccc21. The Bertz CT molecular complexity index is 971. The van der Waals surface area contributed by atoms with Gasteiger partial charge in [0.05, 0.1) is 19.5 Å². The van der Waals surface area contributed by atoms with Crippen LogP contribution < -0.4 is 9.64 Å². The van der Waals surface area contributed by atoms with E-state index in [0.717, 1.165) is 42.9 Å². The van der Waals surface area contributed by atoms with Crippen molar-refractivity contribution in [3.8, 4) is 5.75 Å². The molecule has 0 fully saturated rings. The number of imidazole rings is 1. The van der Waals surface area contributed by atoms with Crippen LogP contribution in [0.3, 0.4) is 0 Å². The molecule has 1 aromatic heterocycles. The maximum Gasteiger partial charge on any atom is 0.324 e. The van der Waals surface area contributed by atoms with E-state index in [9.17, 15) is 4.79 Å². The van der Waals surface area contributed by atoms with Gasteiger partial charge in [0.25, 0.3) is 0 Å². The molecule has 6 heteroatoms. The van der Waals surface area contributed by atoms with E-state index < -0.39 is 0 Å². The lowest BCUT2D eigenvalue weighted by atomic mass is 10.1. The molecule has 0 aliphatic carbocycles. The van der Waals surface area contributed by atoms with Crippen molar-refractivity contribution in [1.29, 1.82) is 0 Å². The van der Waals surface area contributed by atoms with Gasteiger partial charge in [0, 0.05) is 43.3 Å². The summed E-state index contributed by atoms with van der Waals surface area (Å²) in [5, 5.41) is 0. The van der Waals surface area contributed by atoms with E-state index in [2.05, 4.69) is 11.1 Å². The standard InChI is InChI=1S/C24H28N4O2/c1-2-30-23-11-6-4-9-21(23)18-27(15-7-14-26-17-13-25-19-26)24(29)28-16-12-20-8-3-5-10-22(20)28/h3-6,8-11,13,17,19H,2,7,12,14-16,18H2,1H3. The lowest BCUT2D eigenvalue weighted by Crippen LogP contribution is -2.43. The molecule has 1 aliphatic heterocycles. The molecule has 4 rings (SSSR count). The Kier molecular flexibility index (Phi) is 6.32. The minimum atomic E-state index is 0.0527. The van der Waals surface area contributed by atoms with Crippen molar-refractivity contribution in [1.82, 2.24) is 14.5 Å². The molecule has 6 nitrogen and oxygen atoms in total. The van der Waals surface area contributed by atoms with E-state index in [1.807, 2.05) is 76.3 Å². The first-order valence-corrected chi connectivity index (χ1v) is 10.6. The monoisotopic (exact) mass is 404 g/mol. The van der Waals surface area contributed by atoms with Gasteiger partial charge < -0.3 is 14.2 Å². The van der Waals surface area contributed by atoms with Gasteiger partial charge in [0.15, 0.2) is 0 Å². The van der Waals surface area contributed by atoms with E-state index >= 15 is 0 Å². The van der Waals surface area contributed by atoms with Crippen LogP contribution in [-0.4, -0.2) is 40.2 Å². The summed E-state index contributed by atoms with van der Waals surface area (Å²) in [6, 6.07) is 16.2. The van der Waals surface area contributed by atoms with Crippen LogP contribution in [0, 0.1) is 0 Å². The van der Waals surface area contributed by atoms with E-state index in [1.54, 1.807) is 6.20 Å². The summed E-state index contributed by atoms with van der Waals surface area (Å²) in [5.74, 6) is 0.842. The average molecular weight is 405 g/mol. The van der Waals surface area contributed by atoms with Gasteiger partial charge in [-0.2, -0.15) is 0 Å². The minimum absolute atomic E-state index is 0.0527. The molecule has 30 heavy (non-hydrogen) atoms. The topological polar surface area (TPSA) is 50.6 Å². The van der Waals surface area contributed by atoms with Crippen molar-refractivity contribution in [2.75, 3.05) is 24.6 Å². The highest BCUT2D eigenvalue weighted by Gasteiger charge is 2.28. The zero-order valence-corrected chi connectivity index (χ0v) is 17.4. The highest BCUT2D eigenvalue weighted by molar-refractivity contribution is 5.94. The first-order chi connectivity index (χ1) is 14.8. The summed E-state index contributed by atoms with van der Waals surface area (Å²) in [6.45, 7) is 5.32. The predicted molar refractivity (Wildman–Crippen MR) is 118 cm³/mol. The van der Waals surface area contributed by atoms with Crippen LogP contribution in [-0.2, 0) is 19.5 Å². The first-order valence-electron chi connectivity index (χ1n) is 10.6. The lowest BCUT2D eigenvalue weighted by Gasteiger charge is -2.29. The number of ether oxygens (including phenoxy) is 1. The number of nitrogens with zero attached hydrogens (tertiary/aromatic N) is 4. The van der Waals surface area contributed by atoms with Gasteiger partial charge in [0.2, 0.25) is 0 Å². The Morgan fingerprint density at radius 3 is 2.83 bits per heavy atom. The number of rotatable bonds is 8. The van der Waals surface area contributed by atoms with Crippen LogP contribution in [0.4, 0.5) is 10.5 Å². The molecular formula is C24H28N4O2. The van der Waals surface area contributed by atoms with Crippen molar-refractivity contribution >= 4 is 11.7 Å². The largest absolute Gasteiger partial charge is 0.494 e. The first kappa shape index (κ1) is 20.0. The summed E-state index contributed by atoms with van der Waals surface area (Å²) in [4.78, 5) is 21.5. The molecule has 0 bridgehead atoms. The number of carbonyl (C=O) groups excluding carboxylic acids is 1. The Hall–Kier alpha value is -3.28. The number of fused-ring (bicyclic) bond motifs is 1. The zero-order valence-electron chi connectivity index (χ0n) is 17.4. The van der Waals surface area contributed by atoms with Gasteiger partial charge in [-0.15, -0.1) is 0 Å². The Morgan fingerprint density at radius 1 is 1.17 bits per heavy atom. The molecule has 0 atom stereocenters. The number of para-hydroxylation sites is 2. The van der Waals surface area contributed by atoms with Gasteiger partial charge >= 0.3 is 6.03 Å². The molecule has 0 spiro atoms. The summed E-state index contributed by atoms with van der Waals surface area (Å²) in [5.41, 5.74) is 3.29. The molecular weight excluding hydrogens is 376 g/mol. The van der Waals surface area contributed by atoms with Crippen LogP contribution in [0.25, 0.3) is 0 Å². The highest BCUT2D eigenvalue weighted by Crippen LogP contribution is 2.29. The maximum atomic E-state index is 13.6. The van der Waals surface area contributed by atoms with Gasteiger partial charge in [0.1, 0.15) is 5.75 Å². The van der Waals surface area contributed by atoms with Crippen LogP contribution in [0.15, 0.2) is 67.3 Å². The number of carbonyl (C=O) groups is 1. The number of hydrogen-bond acceptors (Lipinski definition) is 3. The summed E-state index contributed by atoms with van der Waals surface area (Å²) < 4.78 is 7.84. The van der Waals surface area contributed by atoms with Crippen LogP contribution in [0.2, 0.25) is 0 Å². The number of aryl methyl sites for hydroxylation is 1. The molecule has 0 unspecified atom stereocenters. The summed E-state index contributed by atoms with van der Waals surface area (Å²) in [6.07, 6.45) is 7.30. The van der Waals surface area contributed by atoms with Crippen molar-refractivity contribution in [2.24, 2.45) is 0 Å². The van der Waals surface area contributed by atoms with Gasteiger partial charge in [-0.1, -0.05) is 36.4 Å². The smallest absolute Gasteiger partial charge is 0.324 e. The van der Waals surface area contributed by atoms with Crippen molar-refractivity contribution in [2.45, 2.75) is 32.9 Å². The zero-order chi connectivity index (χ0) is 20.8. The van der Waals surface area contributed by atoms with Gasteiger partial charge in [-0.3, -0.25) is 4.90 Å². The minimum Gasteiger partial charge on any atom is -0.494 e. The Balaban J connectivity index is 1.53. The van der Waals surface area contributed by atoms with Crippen LogP contribution in [0.1, 0.15) is 24.5 Å². The molecule has 0 saturated carbocycles. The third-order valence-corrected chi connectivity index (χ3v) is 5.43. The average Bonchev–Trinajstić information content (AvgIpc) is 3.44. The van der Waals surface area contributed by atoms with Crippen molar-refractivity contribution in [3.05, 3.63) is 78.4 Å². The lowest BCUT2D eigenvalue weighted by molar-refractivity contribution is 0.199. The number of benzene rings is 2. The molecule has 0 radical (unpaired) electrons. The van der Waals surface area contributed by atoms with E-state index in [0.29, 0.717) is 19.7 Å². The molecule has 0 N–H and O–H groups in total. The number of hydrogen-bond donors (Lipinski definition) is 0. The van der Waals surface area contributed by atoms with Crippen LogP contribution >= 0.6 is 0 Å². The second kappa shape index (κ2) is 9.48. The highest BCUT2D eigenvalue weighted by atomic mass is 16.5.